The molecule has 1 saturated heterocycles. The van der Waals surface area contributed by atoms with Crippen LogP contribution in [0.4, 0.5) is 0 Å². The summed E-state index contributed by atoms with van der Waals surface area (Å²) in [5.41, 5.74) is 3.11. The van der Waals surface area contributed by atoms with Gasteiger partial charge in [0.05, 0.1) is 18.9 Å². The molecule has 0 amide bonds. The van der Waals surface area contributed by atoms with Gasteiger partial charge in [-0.3, -0.25) is 9.58 Å². The van der Waals surface area contributed by atoms with E-state index in [-0.39, 0.29) is 12.1 Å². The highest BCUT2D eigenvalue weighted by Crippen LogP contribution is 2.36. The Kier molecular flexibility index (Phi) is 4.62. The van der Waals surface area contributed by atoms with E-state index in [1.54, 1.807) is 11.8 Å². The predicted molar refractivity (Wildman–Crippen MR) is 89.7 cm³/mol. The highest BCUT2D eigenvalue weighted by Gasteiger charge is 2.33. The fraction of sp³-hybridized carbons (Fsp3) is 0.471. The third kappa shape index (κ3) is 3.22. The highest BCUT2D eigenvalue weighted by atomic mass is 35.5. The second-order valence-corrected chi connectivity index (χ2v) is 6.45. The molecule has 23 heavy (non-hydrogen) atoms. The molecule has 124 valence electrons. The lowest BCUT2D eigenvalue weighted by Crippen LogP contribution is -2.24. The summed E-state index contributed by atoms with van der Waals surface area (Å²) in [5, 5.41) is 15.2. The Bertz CT molecular complexity index is 701. The molecular formula is C17H22ClN3O2. The summed E-state index contributed by atoms with van der Waals surface area (Å²) in [5.74, 6) is 0.833. The fourth-order valence-electron chi connectivity index (χ4n) is 3.31. The quantitative estimate of drug-likeness (QED) is 0.933. The molecule has 2 heterocycles. The maximum Gasteiger partial charge on any atom is 0.131 e. The van der Waals surface area contributed by atoms with Crippen molar-refractivity contribution in [3.63, 3.8) is 0 Å². The molecule has 0 radical (unpaired) electrons. The maximum absolute atomic E-state index is 10.2. The molecule has 1 aromatic heterocycles. The number of aromatic nitrogens is 2. The molecule has 1 aromatic carbocycles. The number of benzene rings is 1. The van der Waals surface area contributed by atoms with Crippen molar-refractivity contribution in [2.24, 2.45) is 7.05 Å². The Morgan fingerprint density at radius 3 is 2.87 bits per heavy atom. The SMILES string of the molecule is COc1cccc(C2CC(O)CN2Cc2c(C)nn(C)c2Cl)c1. The monoisotopic (exact) mass is 335 g/mol. The van der Waals surface area contributed by atoms with Crippen molar-refractivity contribution in [1.82, 2.24) is 14.7 Å². The van der Waals surface area contributed by atoms with Gasteiger partial charge in [0.15, 0.2) is 0 Å². The molecule has 2 atom stereocenters. The topological polar surface area (TPSA) is 50.5 Å². The number of methoxy groups -OCH3 is 1. The Balaban J connectivity index is 1.87. The van der Waals surface area contributed by atoms with Crippen molar-refractivity contribution in [1.29, 1.82) is 0 Å². The first kappa shape index (κ1) is 16.3. The van der Waals surface area contributed by atoms with Crippen molar-refractivity contribution in [2.75, 3.05) is 13.7 Å². The van der Waals surface area contributed by atoms with Crippen LogP contribution in [-0.4, -0.2) is 39.5 Å². The number of hydrogen-bond donors (Lipinski definition) is 1. The number of halogens is 1. The van der Waals surface area contributed by atoms with Crippen LogP contribution in [0.2, 0.25) is 5.15 Å². The van der Waals surface area contributed by atoms with Gasteiger partial charge in [-0.1, -0.05) is 23.7 Å². The lowest BCUT2D eigenvalue weighted by molar-refractivity contribution is 0.172. The van der Waals surface area contributed by atoms with Gasteiger partial charge in [-0.05, 0) is 31.0 Å². The molecule has 1 aliphatic heterocycles. The summed E-state index contributed by atoms with van der Waals surface area (Å²) < 4.78 is 7.01. The molecule has 0 aliphatic carbocycles. The van der Waals surface area contributed by atoms with E-state index in [4.69, 9.17) is 16.3 Å². The molecule has 2 aromatic rings. The van der Waals surface area contributed by atoms with Crippen molar-refractivity contribution in [2.45, 2.75) is 32.0 Å². The van der Waals surface area contributed by atoms with Gasteiger partial charge < -0.3 is 9.84 Å². The first-order valence-corrected chi connectivity index (χ1v) is 8.11. The lowest BCUT2D eigenvalue weighted by atomic mass is 10.0. The predicted octanol–water partition coefficient (Wildman–Crippen LogP) is 2.70. The average molecular weight is 336 g/mol. The van der Waals surface area contributed by atoms with Crippen molar-refractivity contribution in [3.8, 4) is 5.75 Å². The van der Waals surface area contributed by atoms with Gasteiger partial charge in [0.1, 0.15) is 10.9 Å². The number of likely N-dealkylation sites (tertiary alicyclic amines) is 1. The standard InChI is InChI=1S/C17H22ClN3O2/c1-11-15(17(18)20(2)19-11)10-21-9-13(22)8-16(21)12-5-4-6-14(7-12)23-3/h4-7,13,16,22H,8-10H2,1-3H3. The molecule has 3 rings (SSSR count). The number of β-amino-alcohol motifs (C(OH)–C–C–N with tert-alkyl or cyclic N) is 1. The van der Waals surface area contributed by atoms with Gasteiger partial charge >= 0.3 is 0 Å². The summed E-state index contributed by atoms with van der Waals surface area (Å²) in [4.78, 5) is 2.26. The van der Waals surface area contributed by atoms with Gasteiger partial charge in [0.2, 0.25) is 0 Å². The number of aliphatic hydroxyl groups is 1. The first-order valence-electron chi connectivity index (χ1n) is 7.73. The van der Waals surface area contributed by atoms with Crippen LogP contribution in [0.25, 0.3) is 0 Å². The summed E-state index contributed by atoms with van der Waals surface area (Å²) in [7, 11) is 3.51. The van der Waals surface area contributed by atoms with Gasteiger partial charge in [-0.15, -0.1) is 0 Å². The van der Waals surface area contributed by atoms with Crippen LogP contribution in [-0.2, 0) is 13.6 Å². The van der Waals surface area contributed by atoms with Crippen LogP contribution >= 0.6 is 11.6 Å². The van der Waals surface area contributed by atoms with Crippen LogP contribution in [0.3, 0.4) is 0 Å². The molecule has 2 unspecified atom stereocenters. The Labute approximate surface area is 141 Å². The van der Waals surface area contributed by atoms with E-state index in [2.05, 4.69) is 16.1 Å². The van der Waals surface area contributed by atoms with Gasteiger partial charge in [-0.25, -0.2) is 0 Å². The minimum atomic E-state index is -0.332. The average Bonchev–Trinajstić information content (AvgIpc) is 3.02. The maximum atomic E-state index is 10.2. The number of nitrogens with zero attached hydrogens (tertiary/aromatic N) is 3. The number of aryl methyl sites for hydroxylation is 2. The Morgan fingerprint density at radius 1 is 1.43 bits per heavy atom. The van der Waals surface area contributed by atoms with Crippen LogP contribution in [0.5, 0.6) is 5.75 Å². The highest BCUT2D eigenvalue weighted by molar-refractivity contribution is 6.30. The van der Waals surface area contributed by atoms with E-state index >= 15 is 0 Å². The van der Waals surface area contributed by atoms with E-state index in [0.717, 1.165) is 22.6 Å². The third-order valence-corrected chi connectivity index (χ3v) is 4.96. The van der Waals surface area contributed by atoms with Gasteiger partial charge in [0.25, 0.3) is 0 Å². The summed E-state index contributed by atoms with van der Waals surface area (Å²) in [6.07, 6.45) is 0.381. The zero-order valence-corrected chi connectivity index (χ0v) is 14.4. The number of aliphatic hydroxyl groups excluding tert-OH is 1. The zero-order valence-electron chi connectivity index (χ0n) is 13.7. The van der Waals surface area contributed by atoms with Crippen molar-refractivity contribution >= 4 is 11.6 Å². The molecule has 1 fully saturated rings. The minimum Gasteiger partial charge on any atom is -0.497 e. The second-order valence-electron chi connectivity index (χ2n) is 6.09. The minimum absolute atomic E-state index is 0.149. The Morgan fingerprint density at radius 2 is 2.22 bits per heavy atom. The number of hydrogen-bond acceptors (Lipinski definition) is 4. The van der Waals surface area contributed by atoms with Crippen LogP contribution in [0, 0.1) is 6.92 Å². The largest absolute Gasteiger partial charge is 0.497 e. The normalized spacial score (nSPS) is 21.8. The Hall–Kier alpha value is -1.56. The van der Waals surface area contributed by atoms with E-state index in [1.807, 2.05) is 32.2 Å². The third-order valence-electron chi connectivity index (χ3n) is 4.49. The molecule has 0 saturated carbocycles. The van der Waals surface area contributed by atoms with E-state index < -0.39 is 0 Å². The number of ether oxygens (including phenoxy) is 1. The summed E-state index contributed by atoms with van der Waals surface area (Å²) >= 11 is 6.36. The first-order chi connectivity index (χ1) is 11.0. The molecular weight excluding hydrogens is 314 g/mol. The van der Waals surface area contributed by atoms with Crippen molar-refractivity contribution < 1.29 is 9.84 Å². The second kappa shape index (κ2) is 6.51. The molecule has 5 nitrogen and oxygen atoms in total. The van der Waals surface area contributed by atoms with Gasteiger partial charge in [0, 0.05) is 31.7 Å². The summed E-state index contributed by atoms with van der Waals surface area (Å²) in [6, 6.07) is 8.18. The molecule has 1 N–H and O–H groups in total. The molecule has 0 bridgehead atoms. The molecule has 6 heteroatoms. The van der Waals surface area contributed by atoms with Crippen LogP contribution in [0.15, 0.2) is 24.3 Å². The van der Waals surface area contributed by atoms with Crippen LogP contribution < -0.4 is 4.74 Å². The molecule has 0 spiro atoms. The smallest absolute Gasteiger partial charge is 0.131 e. The van der Waals surface area contributed by atoms with E-state index in [0.29, 0.717) is 24.7 Å². The number of rotatable bonds is 4. The molecule has 1 aliphatic rings. The fourth-order valence-corrected chi connectivity index (χ4v) is 3.54. The van der Waals surface area contributed by atoms with Gasteiger partial charge in [-0.2, -0.15) is 5.10 Å². The van der Waals surface area contributed by atoms with E-state index in [9.17, 15) is 5.11 Å². The van der Waals surface area contributed by atoms with Crippen LogP contribution in [0.1, 0.15) is 29.3 Å². The summed E-state index contributed by atoms with van der Waals surface area (Å²) in [6.45, 7) is 3.28. The van der Waals surface area contributed by atoms with Crippen molar-refractivity contribution in [3.05, 3.63) is 46.2 Å². The zero-order chi connectivity index (χ0) is 16.6. The van der Waals surface area contributed by atoms with E-state index in [1.165, 1.54) is 0 Å². The lowest BCUT2D eigenvalue weighted by Gasteiger charge is -2.24.